The van der Waals surface area contributed by atoms with Gasteiger partial charge in [-0.2, -0.15) is 0 Å². The third-order valence-electron chi connectivity index (χ3n) is 2.62. The molecule has 1 heterocycles. The summed E-state index contributed by atoms with van der Waals surface area (Å²) in [5, 5.41) is 0. The van der Waals surface area contributed by atoms with Crippen molar-refractivity contribution >= 4 is 11.8 Å². The summed E-state index contributed by atoms with van der Waals surface area (Å²) in [5.74, 6) is -0.173. The van der Waals surface area contributed by atoms with E-state index in [1.54, 1.807) is 19.1 Å². The van der Waals surface area contributed by atoms with Crippen molar-refractivity contribution < 1.29 is 19.1 Å². The van der Waals surface area contributed by atoms with E-state index in [-0.39, 0.29) is 13.0 Å². The van der Waals surface area contributed by atoms with E-state index >= 15 is 0 Å². The first-order valence-corrected chi connectivity index (χ1v) is 6.57. The van der Waals surface area contributed by atoms with Crippen LogP contribution in [0.3, 0.4) is 0 Å². The minimum atomic E-state index is -0.830. The molecule has 108 valence electrons. The monoisotopic (exact) mass is 285 g/mol. The van der Waals surface area contributed by atoms with Crippen LogP contribution in [0.1, 0.15) is 12.6 Å². The Balaban J connectivity index is 1.96. The van der Waals surface area contributed by atoms with Gasteiger partial charge >= 0.3 is 5.97 Å². The van der Waals surface area contributed by atoms with Crippen molar-refractivity contribution in [3.63, 3.8) is 0 Å². The molecule has 0 atom stereocenters. The van der Waals surface area contributed by atoms with Crippen molar-refractivity contribution in [2.45, 2.75) is 13.3 Å². The lowest BCUT2D eigenvalue weighted by Gasteiger charge is -2.05. The molecular formula is C16H15NO4. The standard InChI is InChI=1S/C16H15NO4/c1-2-20-16(19)15(18)10-12-8-9-14(11-17-12)21-13-6-4-3-5-7-13/h3-9,11H,2,10H2,1H3. The predicted octanol–water partition coefficient (Wildman–Crippen LogP) is 2.55. The van der Waals surface area contributed by atoms with Crippen molar-refractivity contribution in [1.29, 1.82) is 0 Å². The summed E-state index contributed by atoms with van der Waals surface area (Å²) in [6, 6.07) is 12.7. The molecule has 0 unspecified atom stereocenters. The first kappa shape index (κ1) is 14.7. The number of ketones is 1. The molecule has 5 heteroatoms. The van der Waals surface area contributed by atoms with Gasteiger partial charge in [-0.1, -0.05) is 18.2 Å². The van der Waals surface area contributed by atoms with Crippen molar-refractivity contribution in [3.05, 3.63) is 54.4 Å². The van der Waals surface area contributed by atoms with Crippen LogP contribution in [-0.2, 0) is 20.7 Å². The molecule has 0 amide bonds. The lowest BCUT2D eigenvalue weighted by Crippen LogP contribution is -2.19. The van der Waals surface area contributed by atoms with Gasteiger partial charge in [0.05, 0.1) is 19.2 Å². The van der Waals surface area contributed by atoms with Gasteiger partial charge in [0.2, 0.25) is 5.78 Å². The highest BCUT2D eigenvalue weighted by Crippen LogP contribution is 2.19. The maximum atomic E-state index is 11.5. The molecule has 0 radical (unpaired) electrons. The van der Waals surface area contributed by atoms with Gasteiger partial charge in [0.25, 0.3) is 0 Å². The number of rotatable bonds is 6. The number of carbonyl (C=O) groups is 2. The fraction of sp³-hybridized carbons (Fsp3) is 0.188. The van der Waals surface area contributed by atoms with Gasteiger partial charge in [-0.25, -0.2) is 4.79 Å². The Morgan fingerprint density at radius 3 is 2.43 bits per heavy atom. The van der Waals surface area contributed by atoms with Crippen molar-refractivity contribution in [2.75, 3.05) is 6.61 Å². The summed E-state index contributed by atoms with van der Waals surface area (Å²) in [4.78, 5) is 26.9. The molecule has 0 saturated heterocycles. The molecule has 2 rings (SSSR count). The van der Waals surface area contributed by atoms with E-state index in [2.05, 4.69) is 9.72 Å². The zero-order valence-corrected chi connectivity index (χ0v) is 11.6. The molecule has 0 N–H and O–H groups in total. The van der Waals surface area contributed by atoms with Gasteiger partial charge in [-0.15, -0.1) is 0 Å². The summed E-state index contributed by atoms with van der Waals surface area (Å²) in [7, 11) is 0. The number of hydrogen-bond donors (Lipinski definition) is 0. The number of para-hydroxylation sites is 1. The number of benzene rings is 1. The fourth-order valence-corrected chi connectivity index (χ4v) is 1.65. The van der Waals surface area contributed by atoms with E-state index in [0.29, 0.717) is 17.2 Å². The molecule has 0 aliphatic rings. The van der Waals surface area contributed by atoms with E-state index in [1.807, 2.05) is 30.3 Å². The lowest BCUT2D eigenvalue weighted by molar-refractivity contribution is -0.153. The van der Waals surface area contributed by atoms with Crippen LogP contribution >= 0.6 is 0 Å². The van der Waals surface area contributed by atoms with E-state index in [4.69, 9.17) is 4.74 Å². The van der Waals surface area contributed by atoms with Crippen LogP contribution in [0.15, 0.2) is 48.7 Å². The Bertz CT molecular complexity index is 608. The topological polar surface area (TPSA) is 65.5 Å². The number of aromatic nitrogens is 1. The molecule has 1 aromatic carbocycles. The highest BCUT2D eigenvalue weighted by Gasteiger charge is 2.15. The molecule has 0 fully saturated rings. The Kier molecular flexibility index (Phi) is 5.04. The van der Waals surface area contributed by atoms with Crippen LogP contribution in [0.25, 0.3) is 0 Å². The Morgan fingerprint density at radius 1 is 1.05 bits per heavy atom. The number of hydrogen-bond acceptors (Lipinski definition) is 5. The van der Waals surface area contributed by atoms with Crippen molar-refractivity contribution in [1.82, 2.24) is 4.98 Å². The van der Waals surface area contributed by atoms with Gasteiger partial charge in [-0.05, 0) is 31.2 Å². The normalized spacial score (nSPS) is 9.95. The minimum Gasteiger partial charge on any atom is -0.460 e. The third kappa shape index (κ3) is 4.42. The maximum Gasteiger partial charge on any atom is 0.375 e. The molecule has 0 aliphatic carbocycles. The summed E-state index contributed by atoms with van der Waals surface area (Å²) in [5.41, 5.74) is 0.494. The van der Waals surface area contributed by atoms with Gasteiger partial charge in [0.1, 0.15) is 11.5 Å². The highest BCUT2D eigenvalue weighted by atomic mass is 16.5. The average molecular weight is 285 g/mol. The Labute approximate surface area is 122 Å². The number of ether oxygens (including phenoxy) is 2. The largest absolute Gasteiger partial charge is 0.460 e. The minimum absolute atomic E-state index is 0.0789. The molecule has 0 bridgehead atoms. The molecule has 0 saturated carbocycles. The first-order valence-electron chi connectivity index (χ1n) is 6.57. The Hall–Kier alpha value is -2.69. The van der Waals surface area contributed by atoms with Crippen LogP contribution in [0.4, 0.5) is 0 Å². The van der Waals surface area contributed by atoms with Crippen molar-refractivity contribution in [2.24, 2.45) is 0 Å². The molecule has 5 nitrogen and oxygen atoms in total. The average Bonchev–Trinajstić information content (AvgIpc) is 2.50. The summed E-state index contributed by atoms with van der Waals surface area (Å²) in [6.45, 7) is 1.83. The van der Waals surface area contributed by atoms with Crippen LogP contribution in [0.5, 0.6) is 11.5 Å². The van der Waals surface area contributed by atoms with E-state index in [1.165, 1.54) is 6.20 Å². The quantitative estimate of drug-likeness (QED) is 0.603. The number of Topliss-reactive ketones (excluding diaryl/α,β-unsaturated/α-hetero) is 1. The summed E-state index contributed by atoms with van der Waals surface area (Å²) in [6.07, 6.45) is 1.44. The maximum absolute atomic E-state index is 11.5. The number of carbonyl (C=O) groups excluding carboxylic acids is 2. The lowest BCUT2D eigenvalue weighted by atomic mass is 10.2. The van der Waals surface area contributed by atoms with Gasteiger partial charge in [0.15, 0.2) is 0 Å². The van der Waals surface area contributed by atoms with Gasteiger partial charge < -0.3 is 9.47 Å². The molecule has 1 aromatic heterocycles. The smallest absolute Gasteiger partial charge is 0.375 e. The first-order chi connectivity index (χ1) is 10.2. The highest BCUT2D eigenvalue weighted by molar-refractivity contribution is 6.34. The van der Waals surface area contributed by atoms with E-state index in [0.717, 1.165) is 0 Å². The van der Waals surface area contributed by atoms with Crippen LogP contribution in [-0.4, -0.2) is 23.3 Å². The van der Waals surface area contributed by atoms with Crippen molar-refractivity contribution in [3.8, 4) is 11.5 Å². The SMILES string of the molecule is CCOC(=O)C(=O)Cc1ccc(Oc2ccccc2)cn1. The third-order valence-corrected chi connectivity index (χ3v) is 2.62. The molecule has 21 heavy (non-hydrogen) atoms. The second kappa shape index (κ2) is 7.19. The Morgan fingerprint density at radius 2 is 1.81 bits per heavy atom. The van der Waals surface area contributed by atoms with Gasteiger partial charge in [-0.3, -0.25) is 9.78 Å². The van der Waals surface area contributed by atoms with Gasteiger partial charge in [0, 0.05) is 5.69 Å². The van der Waals surface area contributed by atoms with E-state index < -0.39 is 11.8 Å². The molecule has 0 spiro atoms. The zero-order chi connectivity index (χ0) is 15.1. The number of esters is 1. The molecule has 0 aliphatic heterocycles. The summed E-state index contributed by atoms with van der Waals surface area (Å²) >= 11 is 0. The number of pyridine rings is 1. The predicted molar refractivity (Wildman–Crippen MR) is 76.1 cm³/mol. The van der Waals surface area contributed by atoms with Crippen LogP contribution < -0.4 is 4.74 Å². The van der Waals surface area contributed by atoms with Crippen LogP contribution in [0, 0.1) is 0 Å². The second-order valence-corrected chi connectivity index (χ2v) is 4.22. The molecular weight excluding hydrogens is 270 g/mol. The van der Waals surface area contributed by atoms with Crippen LogP contribution in [0.2, 0.25) is 0 Å². The number of nitrogens with zero attached hydrogens (tertiary/aromatic N) is 1. The van der Waals surface area contributed by atoms with E-state index in [9.17, 15) is 9.59 Å². The molecule has 2 aromatic rings. The summed E-state index contributed by atoms with van der Waals surface area (Å²) < 4.78 is 10.2. The fourth-order valence-electron chi connectivity index (χ4n) is 1.65. The zero-order valence-electron chi connectivity index (χ0n) is 11.6. The second-order valence-electron chi connectivity index (χ2n) is 4.22.